The van der Waals surface area contributed by atoms with Crippen molar-refractivity contribution >= 4 is 23.3 Å². The fraction of sp³-hybridized carbons (Fsp3) is 0.417. The maximum absolute atomic E-state index is 12.1. The summed E-state index contributed by atoms with van der Waals surface area (Å²) in [5, 5.41) is 12.7. The molecule has 0 aromatic heterocycles. The summed E-state index contributed by atoms with van der Waals surface area (Å²) in [6.45, 7) is 5.38. The normalized spacial score (nSPS) is 26.3. The van der Waals surface area contributed by atoms with Gasteiger partial charge in [0.15, 0.2) is 0 Å². The summed E-state index contributed by atoms with van der Waals surface area (Å²) in [6, 6.07) is 6.70. The molecule has 98 valence electrons. The largest absolute Gasteiger partial charge is 0.329 e. The average Bonchev–Trinajstić information content (AvgIpc) is 2.47. The zero-order chi connectivity index (χ0) is 13.6. The highest BCUT2D eigenvalue weighted by Crippen LogP contribution is 2.38. The first-order valence-corrected chi connectivity index (χ1v) is 5.99. The lowest BCUT2D eigenvalue weighted by molar-refractivity contribution is 0.0422. The van der Waals surface area contributed by atoms with Crippen LogP contribution in [0.25, 0.3) is 0 Å². The van der Waals surface area contributed by atoms with E-state index in [9.17, 15) is 10.0 Å². The van der Waals surface area contributed by atoms with Crippen LogP contribution >= 0.6 is 11.6 Å². The molecule has 0 radical (unpaired) electrons. The maximum atomic E-state index is 12.1. The number of para-hydroxylation sites is 1. The van der Waals surface area contributed by atoms with Gasteiger partial charge in [0.05, 0.1) is 16.2 Å². The Bertz CT molecular complexity index is 492. The molecule has 6 heteroatoms. The van der Waals surface area contributed by atoms with Gasteiger partial charge in [-0.2, -0.15) is 5.48 Å². The van der Waals surface area contributed by atoms with Crippen molar-refractivity contribution in [3.05, 3.63) is 29.3 Å². The molecule has 0 saturated carbocycles. The summed E-state index contributed by atoms with van der Waals surface area (Å²) in [6.07, 6.45) is 0. The molecule has 1 aliphatic rings. The minimum absolute atomic E-state index is 0.308. The Labute approximate surface area is 111 Å². The fourth-order valence-corrected chi connectivity index (χ4v) is 2.32. The lowest BCUT2D eigenvalue weighted by Crippen LogP contribution is -2.64. The minimum atomic E-state index is -0.991. The quantitative estimate of drug-likeness (QED) is 0.722. The summed E-state index contributed by atoms with van der Waals surface area (Å²) in [4.78, 5) is 13.5. The van der Waals surface area contributed by atoms with Gasteiger partial charge in [-0.25, -0.2) is 4.79 Å². The number of nitrogens with zero attached hydrogens (tertiary/aromatic N) is 1. The second kappa shape index (κ2) is 4.12. The van der Waals surface area contributed by atoms with Gasteiger partial charge < -0.3 is 10.5 Å². The third-order valence-corrected chi connectivity index (χ3v) is 3.92. The molecule has 1 aromatic rings. The van der Waals surface area contributed by atoms with Gasteiger partial charge in [0.2, 0.25) is 0 Å². The average molecular weight is 270 g/mol. The zero-order valence-electron chi connectivity index (χ0n) is 10.5. The highest BCUT2D eigenvalue weighted by Gasteiger charge is 2.56. The van der Waals surface area contributed by atoms with Gasteiger partial charge in [-0.15, -0.1) is 0 Å². The lowest BCUT2D eigenvalue weighted by Gasteiger charge is -2.40. The summed E-state index contributed by atoms with van der Waals surface area (Å²) in [7, 11) is 0. The third-order valence-electron chi connectivity index (χ3n) is 3.60. The number of hydrogen-bond acceptors (Lipinski definition) is 3. The topological polar surface area (TPSA) is 64.6 Å². The number of amides is 2. The van der Waals surface area contributed by atoms with Crippen LogP contribution < -0.4 is 15.7 Å². The molecule has 1 aliphatic heterocycles. The van der Waals surface area contributed by atoms with Crippen LogP contribution in [-0.4, -0.2) is 22.4 Å². The standard InChI is InChI=1S/C12H16ClN3O2/c1-11(2)12(3,15-18)16(10(17)14-11)9-7-5-4-6-8(9)13/h4-7,15,18H,1-3H3,(H,14,17)/t12-/m1/s1. The highest BCUT2D eigenvalue weighted by molar-refractivity contribution is 6.33. The van der Waals surface area contributed by atoms with E-state index in [0.29, 0.717) is 10.7 Å². The van der Waals surface area contributed by atoms with E-state index in [-0.39, 0.29) is 6.03 Å². The van der Waals surface area contributed by atoms with Crippen molar-refractivity contribution in [3.8, 4) is 0 Å². The van der Waals surface area contributed by atoms with Crippen molar-refractivity contribution in [2.75, 3.05) is 4.90 Å². The highest BCUT2D eigenvalue weighted by atomic mass is 35.5. The van der Waals surface area contributed by atoms with E-state index in [1.165, 1.54) is 4.90 Å². The number of nitrogens with one attached hydrogen (secondary N) is 2. The van der Waals surface area contributed by atoms with Crippen LogP contribution in [0.3, 0.4) is 0 Å². The third kappa shape index (κ3) is 1.67. The van der Waals surface area contributed by atoms with Gasteiger partial charge in [0.25, 0.3) is 0 Å². The molecular weight excluding hydrogens is 254 g/mol. The molecule has 2 rings (SSSR count). The van der Waals surface area contributed by atoms with Crippen molar-refractivity contribution in [3.63, 3.8) is 0 Å². The molecule has 1 fully saturated rings. The van der Waals surface area contributed by atoms with E-state index < -0.39 is 11.2 Å². The summed E-state index contributed by atoms with van der Waals surface area (Å²) in [5.41, 5.74) is 1.12. The number of carbonyl (C=O) groups excluding carboxylic acids is 1. The molecule has 1 aromatic carbocycles. The van der Waals surface area contributed by atoms with E-state index in [2.05, 4.69) is 10.8 Å². The number of benzene rings is 1. The zero-order valence-corrected chi connectivity index (χ0v) is 11.2. The molecule has 1 heterocycles. The van der Waals surface area contributed by atoms with Crippen LogP contribution in [-0.2, 0) is 0 Å². The molecule has 5 nitrogen and oxygen atoms in total. The van der Waals surface area contributed by atoms with E-state index in [1.54, 1.807) is 31.2 Å². The molecule has 1 saturated heterocycles. The van der Waals surface area contributed by atoms with Crippen molar-refractivity contribution in [2.45, 2.75) is 32.0 Å². The molecule has 0 spiro atoms. The number of carbonyl (C=O) groups is 1. The second-order valence-corrected chi connectivity index (χ2v) is 5.43. The van der Waals surface area contributed by atoms with E-state index in [4.69, 9.17) is 11.6 Å². The van der Waals surface area contributed by atoms with Crippen LogP contribution in [0.5, 0.6) is 0 Å². The Morgan fingerprint density at radius 1 is 1.33 bits per heavy atom. The van der Waals surface area contributed by atoms with Crippen LogP contribution in [0.4, 0.5) is 10.5 Å². The number of anilines is 1. The minimum Gasteiger partial charge on any atom is -0.329 e. The summed E-state index contributed by atoms with van der Waals surface area (Å²) >= 11 is 6.12. The SMILES string of the molecule is CC1(C)NC(=O)N(c2ccccc2Cl)[C@@]1(C)NO. The Morgan fingerprint density at radius 3 is 2.50 bits per heavy atom. The molecular formula is C12H16ClN3O2. The maximum Gasteiger partial charge on any atom is 0.324 e. The first-order valence-electron chi connectivity index (χ1n) is 5.61. The number of halogens is 1. The number of hydroxylamine groups is 1. The number of urea groups is 1. The molecule has 2 amide bonds. The number of rotatable bonds is 2. The summed E-state index contributed by atoms with van der Waals surface area (Å²) in [5.74, 6) is 0. The Morgan fingerprint density at radius 2 is 1.94 bits per heavy atom. The van der Waals surface area contributed by atoms with Gasteiger partial charge in [0.1, 0.15) is 5.66 Å². The molecule has 0 bridgehead atoms. The molecule has 0 unspecified atom stereocenters. The van der Waals surface area contributed by atoms with Crippen LogP contribution in [0.15, 0.2) is 24.3 Å². The lowest BCUT2D eigenvalue weighted by atomic mass is 9.90. The number of hydrogen-bond donors (Lipinski definition) is 3. The van der Waals surface area contributed by atoms with E-state index in [0.717, 1.165) is 0 Å². The molecule has 3 N–H and O–H groups in total. The van der Waals surface area contributed by atoms with Crippen LogP contribution in [0.1, 0.15) is 20.8 Å². The second-order valence-electron chi connectivity index (χ2n) is 5.03. The van der Waals surface area contributed by atoms with E-state index in [1.807, 2.05) is 13.8 Å². The monoisotopic (exact) mass is 269 g/mol. The van der Waals surface area contributed by atoms with Crippen molar-refractivity contribution in [2.24, 2.45) is 0 Å². The predicted molar refractivity (Wildman–Crippen MR) is 69.9 cm³/mol. The van der Waals surface area contributed by atoms with Crippen LogP contribution in [0, 0.1) is 0 Å². The Balaban J connectivity index is 2.56. The predicted octanol–water partition coefficient (Wildman–Crippen LogP) is 2.34. The van der Waals surface area contributed by atoms with Crippen molar-refractivity contribution in [1.29, 1.82) is 0 Å². The van der Waals surface area contributed by atoms with Gasteiger partial charge in [-0.3, -0.25) is 4.90 Å². The summed E-state index contributed by atoms with van der Waals surface area (Å²) < 4.78 is 0. The van der Waals surface area contributed by atoms with Gasteiger partial charge in [0, 0.05) is 0 Å². The van der Waals surface area contributed by atoms with Gasteiger partial charge >= 0.3 is 6.03 Å². The fourth-order valence-electron chi connectivity index (χ4n) is 2.10. The first-order chi connectivity index (χ1) is 8.33. The first kappa shape index (κ1) is 13.1. The smallest absolute Gasteiger partial charge is 0.324 e. The van der Waals surface area contributed by atoms with Gasteiger partial charge in [-0.1, -0.05) is 23.7 Å². The molecule has 18 heavy (non-hydrogen) atoms. The van der Waals surface area contributed by atoms with Crippen molar-refractivity contribution < 1.29 is 10.0 Å². The van der Waals surface area contributed by atoms with Crippen LogP contribution in [0.2, 0.25) is 5.02 Å². The molecule has 1 atom stereocenters. The van der Waals surface area contributed by atoms with E-state index >= 15 is 0 Å². The van der Waals surface area contributed by atoms with Crippen molar-refractivity contribution in [1.82, 2.24) is 10.8 Å². The Hall–Kier alpha value is -1.30. The van der Waals surface area contributed by atoms with Gasteiger partial charge in [-0.05, 0) is 32.9 Å². The Kier molecular flexibility index (Phi) is 3.01. The molecule has 0 aliphatic carbocycles.